The lowest BCUT2D eigenvalue weighted by molar-refractivity contribution is -0.125. The van der Waals surface area contributed by atoms with Crippen molar-refractivity contribution in [3.8, 4) is 0 Å². The van der Waals surface area contributed by atoms with Crippen LogP contribution in [0, 0.1) is 11.8 Å². The second-order valence-corrected chi connectivity index (χ2v) is 10.9. The molecule has 2 aromatic heterocycles. The summed E-state index contributed by atoms with van der Waals surface area (Å²) in [7, 11) is -3.44. The summed E-state index contributed by atoms with van der Waals surface area (Å²) in [5, 5.41) is 15.5. The van der Waals surface area contributed by atoms with Gasteiger partial charge in [0.2, 0.25) is 15.9 Å². The number of amides is 1. The molecule has 0 aliphatic carbocycles. The van der Waals surface area contributed by atoms with Gasteiger partial charge in [-0.1, -0.05) is 18.2 Å². The second kappa shape index (κ2) is 9.67. The van der Waals surface area contributed by atoms with Gasteiger partial charge in [-0.25, -0.2) is 8.42 Å². The first-order valence-electron chi connectivity index (χ1n) is 11.8. The van der Waals surface area contributed by atoms with Gasteiger partial charge in [0.1, 0.15) is 12.1 Å². The Kier molecular flexibility index (Phi) is 6.46. The van der Waals surface area contributed by atoms with Crippen LogP contribution in [0.15, 0.2) is 53.7 Å². The van der Waals surface area contributed by atoms with Crippen molar-refractivity contribution in [3.05, 3.63) is 48.8 Å². The van der Waals surface area contributed by atoms with Gasteiger partial charge in [0, 0.05) is 38.6 Å². The van der Waals surface area contributed by atoms with E-state index in [1.54, 1.807) is 39.4 Å². The van der Waals surface area contributed by atoms with Gasteiger partial charge in [-0.2, -0.15) is 8.82 Å². The van der Waals surface area contributed by atoms with Crippen molar-refractivity contribution in [1.29, 1.82) is 0 Å². The molecule has 1 amide bonds. The van der Waals surface area contributed by atoms with Gasteiger partial charge < -0.3 is 10.2 Å². The number of rotatable bonds is 6. The molecule has 0 unspecified atom stereocenters. The number of anilines is 1. The summed E-state index contributed by atoms with van der Waals surface area (Å²) >= 11 is 0. The van der Waals surface area contributed by atoms with E-state index in [1.807, 2.05) is 18.2 Å². The summed E-state index contributed by atoms with van der Waals surface area (Å²) in [6, 6.07) is 12.4. The highest BCUT2D eigenvalue weighted by molar-refractivity contribution is 7.89. The van der Waals surface area contributed by atoms with Crippen molar-refractivity contribution in [3.63, 3.8) is 0 Å². The van der Waals surface area contributed by atoms with Crippen LogP contribution in [0.1, 0.15) is 25.7 Å². The number of hydrogen-bond donors (Lipinski definition) is 1. The molecule has 0 saturated carbocycles. The largest absolute Gasteiger partial charge is 0.356 e. The molecule has 2 saturated heterocycles. The van der Waals surface area contributed by atoms with E-state index in [1.165, 1.54) is 0 Å². The van der Waals surface area contributed by atoms with Crippen LogP contribution in [0.4, 0.5) is 5.82 Å². The fraction of sp³-hybridized carbons (Fsp3) is 0.478. The van der Waals surface area contributed by atoms with Gasteiger partial charge >= 0.3 is 0 Å². The van der Waals surface area contributed by atoms with E-state index in [0.29, 0.717) is 36.1 Å². The Morgan fingerprint density at radius 2 is 1.71 bits per heavy atom. The topological polar surface area (TPSA) is 113 Å². The summed E-state index contributed by atoms with van der Waals surface area (Å²) in [5.41, 5.74) is 0.710. The predicted octanol–water partition coefficient (Wildman–Crippen LogP) is 1.56. The molecular formula is C23H29N7O3S. The Morgan fingerprint density at radius 3 is 2.44 bits per heavy atom. The number of aromatic nitrogens is 4. The molecule has 34 heavy (non-hydrogen) atoms. The average Bonchev–Trinajstić information content (AvgIpc) is 3.36. The molecule has 10 nitrogen and oxygen atoms in total. The van der Waals surface area contributed by atoms with Crippen LogP contribution in [0.25, 0.3) is 5.65 Å². The fourth-order valence-electron chi connectivity index (χ4n) is 4.74. The predicted molar refractivity (Wildman–Crippen MR) is 127 cm³/mol. The third-order valence-electron chi connectivity index (χ3n) is 6.86. The lowest BCUT2D eigenvalue weighted by atomic mass is 9.94. The van der Waals surface area contributed by atoms with Crippen molar-refractivity contribution >= 4 is 27.4 Å². The van der Waals surface area contributed by atoms with Crippen molar-refractivity contribution in [2.45, 2.75) is 30.6 Å². The van der Waals surface area contributed by atoms with Crippen LogP contribution in [-0.4, -0.2) is 71.2 Å². The number of carbonyl (C=O) groups is 1. The zero-order chi connectivity index (χ0) is 23.5. The number of nitrogens with zero attached hydrogens (tertiary/aromatic N) is 6. The van der Waals surface area contributed by atoms with Crippen molar-refractivity contribution in [2.75, 3.05) is 37.6 Å². The molecule has 3 aromatic rings. The molecule has 0 radical (unpaired) electrons. The van der Waals surface area contributed by atoms with Crippen LogP contribution >= 0.6 is 0 Å². The molecule has 0 bridgehead atoms. The van der Waals surface area contributed by atoms with Crippen LogP contribution in [0.3, 0.4) is 0 Å². The van der Waals surface area contributed by atoms with Gasteiger partial charge in [-0.15, -0.1) is 15.3 Å². The number of sulfonamides is 1. The highest BCUT2D eigenvalue weighted by atomic mass is 32.2. The first-order chi connectivity index (χ1) is 16.5. The van der Waals surface area contributed by atoms with Gasteiger partial charge in [0.15, 0.2) is 5.65 Å². The number of benzene rings is 1. The average molecular weight is 484 g/mol. The van der Waals surface area contributed by atoms with Gasteiger partial charge in [0.05, 0.1) is 4.90 Å². The number of fused-ring (bicyclic) bond motifs is 1. The summed E-state index contributed by atoms with van der Waals surface area (Å²) in [5.74, 6) is 1.25. The van der Waals surface area contributed by atoms with E-state index < -0.39 is 10.0 Å². The quantitative estimate of drug-likeness (QED) is 0.566. The van der Waals surface area contributed by atoms with E-state index in [9.17, 15) is 13.2 Å². The summed E-state index contributed by atoms with van der Waals surface area (Å²) in [6.45, 7) is 3.12. The van der Waals surface area contributed by atoms with E-state index in [-0.39, 0.29) is 11.8 Å². The molecule has 2 aliphatic heterocycles. The molecule has 180 valence electrons. The first kappa shape index (κ1) is 22.7. The Morgan fingerprint density at radius 1 is 0.971 bits per heavy atom. The lowest BCUT2D eigenvalue weighted by Crippen LogP contribution is -2.44. The van der Waals surface area contributed by atoms with E-state index in [2.05, 4.69) is 25.5 Å². The molecule has 0 atom stereocenters. The molecule has 1 aromatic carbocycles. The maximum absolute atomic E-state index is 12.8. The second-order valence-electron chi connectivity index (χ2n) is 8.99. The summed E-state index contributed by atoms with van der Waals surface area (Å²) in [4.78, 5) is 15.3. The Bertz CT molecular complexity index is 1230. The smallest absolute Gasteiger partial charge is 0.243 e. The minimum atomic E-state index is -3.44. The first-order valence-corrected chi connectivity index (χ1v) is 13.2. The third kappa shape index (κ3) is 4.76. The zero-order valence-corrected chi connectivity index (χ0v) is 19.8. The highest BCUT2D eigenvalue weighted by Gasteiger charge is 2.30. The van der Waals surface area contributed by atoms with E-state index in [0.717, 1.165) is 44.6 Å². The van der Waals surface area contributed by atoms with Crippen molar-refractivity contribution in [2.24, 2.45) is 11.8 Å². The highest BCUT2D eigenvalue weighted by Crippen LogP contribution is 2.25. The number of piperidine rings is 2. The maximum atomic E-state index is 12.8. The van der Waals surface area contributed by atoms with Crippen LogP contribution < -0.4 is 10.2 Å². The molecule has 5 rings (SSSR count). The van der Waals surface area contributed by atoms with Crippen LogP contribution in [0.2, 0.25) is 0 Å². The summed E-state index contributed by atoms with van der Waals surface area (Å²) in [6.07, 6.45) is 4.65. The van der Waals surface area contributed by atoms with Crippen molar-refractivity contribution < 1.29 is 13.2 Å². The zero-order valence-electron chi connectivity index (χ0n) is 19.0. The van der Waals surface area contributed by atoms with Gasteiger partial charge in [-0.05, 0) is 55.9 Å². The fourth-order valence-corrected chi connectivity index (χ4v) is 6.23. The minimum absolute atomic E-state index is 0.00607. The standard InChI is InChI=1S/C23H29N7O3S/c31-23(19-10-12-28(13-11-19)22-7-6-21-26-25-17-30(21)27-22)24-16-18-8-14-29(15-9-18)34(32,33)20-4-2-1-3-5-20/h1-7,17-19H,8-16H2,(H,24,31). The van der Waals surface area contributed by atoms with Crippen LogP contribution in [0.5, 0.6) is 0 Å². The molecule has 11 heteroatoms. The Labute approximate surface area is 199 Å². The number of carbonyl (C=O) groups excluding carboxylic acids is 1. The molecular weight excluding hydrogens is 454 g/mol. The SMILES string of the molecule is O=C(NCC1CCN(S(=O)(=O)c2ccccc2)CC1)C1CCN(c2ccc3nncn3n2)CC1. The van der Waals surface area contributed by atoms with Gasteiger partial charge in [-0.3, -0.25) is 4.79 Å². The Hall–Kier alpha value is -3.05. The Balaban J connectivity index is 1.07. The van der Waals surface area contributed by atoms with E-state index >= 15 is 0 Å². The van der Waals surface area contributed by atoms with E-state index in [4.69, 9.17) is 0 Å². The number of hydrogen-bond acceptors (Lipinski definition) is 7. The molecule has 2 aliphatic rings. The molecule has 0 spiro atoms. The van der Waals surface area contributed by atoms with Gasteiger partial charge in [0.25, 0.3) is 0 Å². The normalized spacial score (nSPS) is 18.9. The maximum Gasteiger partial charge on any atom is 0.243 e. The molecule has 4 heterocycles. The monoisotopic (exact) mass is 483 g/mol. The minimum Gasteiger partial charge on any atom is -0.356 e. The summed E-state index contributed by atoms with van der Waals surface area (Å²) < 4.78 is 28.8. The van der Waals surface area contributed by atoms with Crippen molar-refractivity contribution in [1.82, 2.24) is 29.4 Å². The number of nitrogens with one attached hydrogen (secondary N) is 1. The lowest BCUT2D eigenvalue weighted by Gasteiger charge is -2.33. The van der Waals surface area contributed by atoms with Crippen LogP contribution in [-0.2, 0) is 14.8 Å². The third-order valence-corrected chi connectivity index (χ3v) is 8.77. The molecule has 2 fully saturated rings. The molecule has 1 N–H and O–H groups in total.